The van der Waals surface area contributed by atoms with Crippen molar-refractivity contribution in [2.24, 2.45) is 10.8 Å². The molecule has 0 spiro atoms. The molecule has 4 heteroatoms. The third-order valence-corrected chi connectivity index (χ3v) is 6.62. The molecular formula is C28H40N2O2. The Bertz CT molecular complexity index is 927. The van der Waals surface area contributed by atoms with Gasteiger partial charge in [-0.05, 0) is 74.9 Å². The molecule has 1 saturated heterocycles. The fourth-order valence-electron chi connectivity index (χ4n) is 5.08. The Kier molecular flexibility index (Phi) is 7.79. The molecule has 2 aromatic carbocycles. The maximum absolute atomic E-state index is 13.6. The first-order valence-electron chi connectivity index (χ1n) is 11.8. The highest BCUT2D eigenvalue weighted by molar-refractivity contribution is 5.84. The summed E-state index contributed by atoms with van der Waals surface area (Å²) in [5.41, 5.74) is 5.85. The van der Waals surface area contributed by atoms with Crippen molar-refractivity contribution in [2.45, 2.75) is 47.0 Å². The fourth-order valence-corrected chi connectivity index (χ4v) is 5.08. The minimum atomic E-state index is -0.429. The van der Waals surface area contributed by atoms with E-state index in [-0.39, 0.29) is 11.3 Å². The first kappa shape index (κ1) is 24.5. The molecule has 0 bridgehead atoms. The highest BCUT2D eigenvalue weighted by Gasteiger charge is 2.41. The van der Waals surface area contributed by atoms with E-state index < -0.39 is 5.41 Å². The Morgan fingerprint density at radius 2 is 1.75 bits per heavy atom. The summed E-state index contributed by atoms with van der Waals surface area (Å²) in [5.74, 6) is 0.170. The molecule has 0 atom stereocenters. The highest BCUT2D eigenvalue weighted by atomic mass is 16.5. The Balaban J connectivity index is 1.87. The second kappa shape index (κ2) is 10.2. The first-order valence-corrected chi connectivity index (χ1v) is 11.8. The summed E-state index contributed by atoms with van der Waals surface area (Å²) in [4.78, 5) is 15.8. The van der Waals surface area contributed by atoms with Crippen LogP contribution in [0, 0.1) is 24.7 Å². The first-order chi connectivity index (χ1) is 15.1. The van der Waals surface area contributed by atoms with E-state index in [0.717, 1.165) is 25.8 Å². The van der Waals surface area contributed by atoms with Crippen LogP contribution in [0.3, 0.4) is 0 Å². The predicted octanol–water partition coefficient (Wildman–Crippen LogP) is 5.01. The lowest BCUT2D eigenvalue weighted by molar-refractivity contribution is -0.137. The number of benzene rings is 2. The summed E-state index contributed by atoms with van der Waals surface area (Å²) in [6.45, 7) is 11.6. The van der Waals surface area contributed by atoms with Gasteiger partial charge in [0.2, 0.25) is 5.91 Å². The van der Waals surface area contributed by atoms with Gasteiger partial charge in [-0.2, -0.15) is 0 Å². The van der Waals surface area contributed by atoms with Crippen LogP contribution in [0.2, 0.25) is 0 Å². The molecule has 174 valence electrons. The van der Waals surface area contributed by atoms with Gasteiger partial charge in [0, 0.05) is 26.3 Å². The number of carbonyl (C=O) groups is 1. The maximum atomic E-state index is 13.6. The van der Waals surface area contributed by atoms with E-state index in [2.05, 4.69) is 94.5 Å². The lowest BCUT2D eigenvalue weighted by Crippen LogP contribution is -2.49. The van der Waals surface area contributed by atoms with E-state index in [0.29, 0.717) is 19.8 Å². The molecule has 4 nitrogen and oxygen atoms in total. The van der Waals surface area contributed by atoms with Crippen molar-refractivity contribution in [2.75, 3.05) is 40.4 Å². The van der Waals surface area contributed by atoms with Crippen LogP contribution >= 0.6 is 0 Å². The van der Waals surface area contributed by atoms with Crippen LogP contribution in [0.4, 0.5) is 0 Å². The molecule has 3 rings (SSSR count). The smallest absolute Gasteiger partial charge is 0.226 e. The van der Waals surface area contributed by atoms with E-state index >= 15 is 0 Å². The Morgan fingerprint density at radius 1 is 1.06 bits per heavy atom. The molecule has 1 fully saturated rings. The molecule has 1 amide bonds. The topological polar surface area (TPSA) is 41.6 Å². The van der Waals surface area contributed by atoms with Gasteiger partial charge in [-0.1, -0.05) is 61.9 Å². The summed E-state index contributed by atoms with van der Waals surface area (Å²) in [5, 5.41) is 3.32. The highest BCUT2D eigenvalue weighted by Crippen LogP contribution is 2.38. The lowest BCUT2D eigenvalue weighted by atomic mass is 9.73. The van der Waals surface area contributed by atoms with Crippen molar-refractivity contribution in [3.63, 3.8) is 0 Å². The molecule has 0 saturated carbocycles. The van der Waals surface area contributed by atoms with Gasteiger partial charge in [0.05, 0.1) is 5.41 Å². The summed E-state index contributed by atoms with van der Waals surface area (Å²) >= 11 is 0. The van der Waals surface area contributed by atoms with Crippen LogP contribution < -0.4 is 5.32 Å². The van der Waals surface area contributed by atoms with Gasteiger partial charge in [-0.3, -0.25) is 4.79 Å². The maximum Gasteiger partial charge on any atom is 0.226 e. The van der Waals surface area contributed by atoms with Crippen LogP contribution in [-0.2, 0) is 16.0 Å². The summed E-state index contributed by atoms with van der Waals surface area (Å²) in [6, 6.07) is 15.2. The molecule has 32 heavy (non-hydrogen) atoms. The van der Waals surface area contributed by atoms with Gasteiger partial charge in [0.25, 0.3) is 0 Å². The minimum absolute atomic E-state index is 0.0163. The molecule has 1 heterocycles. The Morgan fingerprint density at radius 3 is 2.41 bits per heavy atom. The Hall–Kier alpha value is -2.17. The number of ether oxygens (including phenoxy) is 1. The van der Waals surface area contributed by atoms with Crippen molar-refractivity contribution in [1.82, 2.24) is 10.2 Å². The number of nitrogens with zero attached hydrogens (tertiary/aromatic N) is 1. The zero-order valence-electron chi connectivity index (χ0n) is 20.8. The zero-order chi connectivity index (χ0) is 23.4. The van der Waals surface area contributed by atoms with E-state index in [9.17, 15) is 4.79 Å². The van der Waals surface area contributed by atoms with Gasteiger partial charge >= 0.3 is 0 Å². The number of hydrogen-bond acceptors (Lipinski definition) is 3. The number of carbonyl (C=O) groups excluding carboxylic acids is 1. The Labute approximate surface area is 194 Å². The number of amides is 1. The van der Waals surface area contributed by atoms with Gasteiger partial charge < -0.3 is 15.0 Å². The van der Waals surface area contributed by atoms with E-state index in [1.54, 1.807) is 0 Å². The summed E-state index contributed by atoms with van der Waals surface area (Å²) in [6.07, 6.45) is 2.25. The van der Waals surface area contributed by atoms with Crippen LogP contribution in [-0.4, -0.2) is 51.2 Å². The SMILES string of the molecule is Cc1ccc(-c2ccccc2CC2(C(=O)NCC(C)(C)CN(C)C)CCOCC2)c(C)c1. The average molecular weight is 437 g/mol. The van der Waals surface area contributed by atoms with Gasteiger partial charge in [-0.15, -0.1) is 0 Å². The van der Waals surface area contributed by atoms with Crippen molar-refractivity contribution < 1.29 is 9.53 Å². The lowest BCUT2D eigenvalue weighted by Gasteiger charge is -2.38. The van der Waals surface area contributed by atoms with Gasteiger partial charge in [0.15, 0.2) is 0 Å². The van der Waals surface area contributed by atoms with Gasteiger partial charge in [-0.25, -0.2) is 0 Å². The predicted molar refractivity (Wildman–Crippen MR) is 133 cm³/mol. The molecule has 1 aliphatic heterocycles. The third-order valence-electron chi connectivity index (χ3n) is 6.62. The molecule has 0 radical (unpaired) electrons. The van der Waals surface area contributed by atoms with Crippen LogP contribution in [0.25, 0.3) is 11.1 Å². The molecule has 1 aliphatic rings. The summed E-state index contributed by atoms with van der Waals surface area (Å²) in [7, 11) is 4.15. The standard InChI is InChI=1S/C28H40N2O2/c1-21-11-12-24(22(2)17-21)25-10-8-7-9-23(25)18-28(13-15-32-16-14-28)26(31)29-19-27(3,4)20-30(5)6/h7-12,17H,13-16,18-20H2,1-6H3,(H,29,31). The van der Waals surface area contributed by atoms with Crippen molar-refractivity contribution in [3.8, 4) is 11.1 Å². The average Bonchev–Trinajstić information content (AvgIpc) is 2.72. The normalized spacial score (nSPS) is 16.2. The number of aryl methyl sites for hydroxylation is 2. The molecule has 0 unspecified atom stereocenters. The largest absolute Gasteiger partial charge is 0.381 e. The monoisotopic (exact) mass is 436 g/mol. The zero-order valence-corrected chi connectivity index (χ0v) is 20.8. The second-order valence-electron chi connectivity index (χ2n) is 10.6. The van der Waals surface area contributed by atoms with E-state index in [1.165, 1.54) is 27.8 Å². The molecule has 0 aliphatic carbocycles. The van der Waals surface area contributed by atoms with E-state index in [1.807, 2.05) is 0 Å². The molecular weight excluding hydrogens is 396 g/mol. The fraction of sp³-hybridized carbons (Fsp3) is 0.536. The van der Waals surface area contributed by atoms with Crippen molar-refractivity contribution >= 4 is 5.91 Å². The minimum Gasteiger partial charge on any atom is -0.381 e. The summed E-state index contributed by atoms with van der Waals surface area (Å²) < 4.78 is 5.67. The van der Waals surface area contributed by atoms with Gasteiger partial charge in [0.1, 0.15) is 0 Å². The van der Waals surface area contributed by atoms with E-state index in [4.69, 9.17) is 4.74 Å². The molecule has 2 aromatic rings. The van der Waals surface area contributed by atoms with Crippen LogP contribution in [0.5, 0.6) is 0 Å². The van der Waals surface area contributed by atoms with Crippen LogP contribution in [0.1, 0.15) is 43.4 Å². The van der Waals surface area contributed by atoms with Crippen LogP contribution in [0.15, 0.2) is 42.5 Å². The molecule has 0 aromatic heterocycles. The molecule has 1 N–H and O–H groups in total. The third kappa shape index (κ3) is 5.99. The quantitative estimate of drug-likeness (QED) is 0.632. The van der Waals surface area contributed by atoms with Crippen molar-refractivity contribution in [3.05, 3.63) is 59.2 Å². The second-order valence-corrected chi connectivity index (χ2v) is 10.6. The van der Waals surface area contributed by atoms with Crippen molar-refractivity contribution in [1.29, 1.82) is 0 Å². The number of nitrogens with one attached hydrogen (secondary N) is 1. The number of hydrogen-bond donors (Lipinski definition) is 1. The number of rotatable bonds is 8.